The summed E-state index contributed by atoms with van der Waals surface area (Å²) >= 11 is 3.27. The van der Waals surface area contributed by atoms with Crippen molar-refractivity contribution in [1.29, 1.82) is 0 Å². The molecule has 5 heteroatoms. The molecule has 0 saturated carbocycles. The van der Waals surface area contributed by atoms with Gasteiger partial charge < -0.3 is 4.90 Å². The van der Waals surface area contributed by atoms with Crippen LogP contribution in [-0.4, -0.2) is 27.3 Å². The molecule has 0 fully saturated rings. The molecule has 0 radical (unpaired) electrons. The third-order valence-electron chi connectivity index (χ3n) is 2.72. The van der Waals surface area contributed by atoms with Crippen molar-refractivity contribution in [2.24, 2.45) is 0 Å². The molecule has 1 amide bonds. The molecule has 4 nitrogen and oxygen atoms in total. The van der Waals surface area contributed by atoms with Crippen LogP contribution in [0.25, 0.3) is 0 Å². The van der Waals surface area contributed by atoms with Crippen LogP contribution >= 0.6 is 15.9 Å². The molecule has 0 bridgehead atoms. The molecule has 0 aliphatic carbocycles. The molecule has 0 aliphatic heterocycles. The summed E-state index contributed by atoms with van der Waals surface area (Å²) in [5, 5.41) is 0. The predicted molar refractivity (Wildman–Crippen MR) is 76.6 cm³/mol. The van der Waals surface area contributed by atoms with Crippen molar-refractivity contribution in [3.05, 3.63) is 58.6 Å². The molecule has 0 aromatic carbocycles. The van der Waals surface area contributed by atoms with Gasteiger partial charge in [-0.3, -0.25) is 9.78 Å². The summed E-state index contributed by atoms with van der Waals surface area (Å²) in [6.45, 7) is 3.10. The maximum atomic E-state index is 12.4. The Bertz CT molecular complexity index is 560. The van der Waals surface area contributed by atoms with Gasteiger partial charge in [-0.05, 0) is 47.1 Å². The van der Waals surface area contributed by atoms with Gasteiger partial charge in [-0.15, -0.1) is 0 Å². The first-order valence-electron chi connectivity index (χ1n) is 6.01. The SMILES string of the molecule is CCN(Cc1ccccn1)C(=O)c1ccnc(Br)c1. The standard InChI is InChI=1S/C14H14BrN3O/c1-2-18(10-12-5-3-4-7-16-12)14(19)11-6-8-17-13(15)9-11/h3-9H,2,10H2,1H3. The van der Waals surface area contributed by atoms with Gasteiger partial charge in [-0.2, -0.15) is 0 Å². The van der Waals surface area contributed by atoms with Crippen LogP contribution in [0.15, 0.2) is 47.3 Å². The van der Waals surface area contributed by atoms with E-state index in [1.807, 2.05) is 25.1 Å². The van der Waals surface area contributed by atoms with Crippen molar-refractivity contribution >= 4 is 21.8 Å². The van der Waals surface area contributed by atoms with Gasteiger partial charge in [0.1, 0.15) is 4.60 Å². The fourth-order valence-corrected chi connectivity index (χ4v) is 2.10. The van der Waals surface area contributed by atoms with E-state index in [0.29, 0.717) is 23.3 Å². The lowest BCUT2D eigenvalue weighted by atomic mass is 10.2. The summed E-state index contributed by atoms with van der Waals surface area (Å²) in [6.07, 6.45) is 3.35. The highest BCUT2D eigenvalue weighted by molar-refractivity contribution is 9.10. The van der Waals surface area contributed by atoms with Gasteiger partial charge in [0.05, 0.1) is 12.2 Å². The maximum absolute atomic E-state index is 12.4. The zero-order valence-electron chi connectivity index (χ0n) is 10.6. The Balaban J connectivity index is 2.16. The van der Waals surface area contributed by atoms with Crippen molar-refractivity contribution in [3.63, 3.8) is 0 Å². The van der Waals surface area contributed by atoms with Gasteiger partial charge in [-0.1, -0.05) is 6.07 Å². The summed E-state index contributed by atoms with van der Waals surface area (Å²) in [6, 6.07) is 9.14. The van der Waals surface area contributed by atoms with Gasteiger partial charge >= 0.3 is 0 Å². The summed E-state index contributed by atoms with van der Waals surface area (Å²) in [5.41, 5.74) is 1.51. The quantitative estimate of drug-likeness (QED) is 0.814. The Morgan fingerprint density at radius 3 is 2.74 bits per heavy atom. The third-order valence-corrected chi connectivity index (χ3v) is 3.16. The second-order valence-corrected chi connectivity index (χ2v) is 4.82. The van der Waals surface area contributed by atoms with Gasteiger partial charge in [-0.25, -0.2) is 4.98 Å². The molecular formula is C14H14BrN3O. The highest BCUT2D eigenvalue weighted by Crippen LogP contribution is 2.12. The first kappa shape index (κ1) is 13.7. The number of carbonyl (C=O) groups excluding carboxylic acids is 1. The number of halogens is 1. The molecule has 0 atom stereocenters. The third kappa shape index (κ3) is 3.61. The highest BCUT2D eigenvalue weighted by Gasteiger charge is 2.15. The van der Waals surface area contributed by atoms with Crippen LogP contribution < -0.4 is 0 Å². The van der Waals surface area contributed by atoms with E-state index >= 15 is 0 Å². The molecule has 0 saturated heterocycles. The van der Waals surface area contributed by atoms with Gasteiger partial charge in [0.2, 0.25) is 0 Å². The van der Waals surface area contributed by atoms with Crippen LogP contribution in [0.2, 0.25) is 0 Å². The Labute approximate surface area is 120 Å². The lowest BCUT2D eigenvalue weighted by Gasteiger charge is -2.20. The summed E-state index contributed by atoms with van der Waals surface area (Å²) < 4.78 is 0.659. The zero-order chi connectivity index (χ0) is 13.7. The molecule has 0 unspecified atom stereocenters. The van der Waals surface area contributed by atoms with Crippen LogP contribution in [0.3, 0.4) is 0 Å². The predicted octanol–water partition coefficient (Wildman–Crippen LogP) is 2.90. The molecule has 98 valence electrons. The number of carbonyl (C=O) groups is 1. The summed E-state index contributed by atoms with van der Waals surface area (Å²) in [4.78, 5) is 22.4. The second kappa shape index (κ2) is 6.43. The topological polar surface area (TPSA) is 46.1 Å². The Morgan fingerprint density at radius 2 is 2.11 bits per heavy atom. The van der Waals surface area contributed by atoms with Crippen molar-refractivity contribution in [1.82, 2.24) is 14.9 Å². The minimum atomic E-state index is -0.0174. The minimum Gasteiger partial charge on any atom is -0.333 e. The smallest absolute Gasteiger partial charge is 0.254 e. The van der Waals surface area contributed by atoms with E-state index in [1.54, 1.807) is 29.4 Å². The molecule has 19 heavy (non-hydrogen) atoms. The van der Waals surface area contributed by atoms with E-state index in [1.165, 1.54) is 0 Å². The van der Waals surface area contributed by atoms with E-state index in [4.69, 9.17) is 0 Å². The van der Waals surface area contributed by atoms with Gasteiger partial charge in [0.15, 0.2) is 0 Å². The molecule has 0 aliphatic rings. The van der Waals surface area contributed by atoms with E-state index in [9.17, 15) is 4.79 Å². The van der Waals surface area contributed by atoms with E-state index in [0.717, 1.165) is 5.69 Å². The molecule has 2 aromatic heterocycles. The van der Waals surface area contributed by atoms with Crippen LogP contribution in [-0.2, 0) is 6.54 Å². The summed E-state index contributed by atoms with van der Waals surface area (Å²) in [7, 11) is 0. The number of hydrogen-bond acceptors (Lipinski definition) is 3. The van der Waals surface area contributed by atoms with Gasteiger partial charge in [0.25, 0.3) is 5.91 Å². The fraction of sp³-hybridized carbons (Fsp3) is 0.214. The second-order valence-electron chi connectivity index (χ2n) is 4.01. The fourth-order valence-electron chi connectivity index (χ4n) is 1.73. The normalized spacial score (nSPS) is 10.2. The molecule has 2 aromatic rings. The number of rotatable bonds is 4. The Kier molecular flexibility index (Phi) is 4.63. The molecular weight excluding hydrogens is 306 g/mol. The van der Waals surface area contributed by atoms with Crippen LogP contribution in [0.4, 0.5) is 0 Å². The summed E-state index contributed by atoms with van der Waals surface area (Å²) in [5.74, 6) is -0.0174. The van der Waals surface area contributed by atoms with Crippen molar-refractivity contribution in [3.8, 4) is 0 Å². The number of aromatic nitrogens is 2. The molecule has 2 heterocycles. The molecule has 0 spiro atoms. The highest BCUT2D eigenvalue weighted by atomic mass is 79.9. The number of nitrogens with zero attached hydrogens (tertiary/aromatic N) is 3. The average molecular weight is 320 g/mol. The van der Waals surface area contributed by atoms with Crippen molar-refractivity contribution in [2.75, 3.05) is 6.54 Å². The maximum Gasteiger partial charge on any atom is 0.254 e. The largest absolute Gasteiger partial charge is 0.333 e. The molecule has 2 rings (SSSR count). The van der Waals surface area contributed by atoms with Crippen LogP contribution in [0.5, 0.6) is 0 Å². The lowest BCUT2D eigenvalue weighted by Crippen LogP contribution is -2.30. The lowest BCUT2D eigenvalue weighted by molar-refractivity contribution is 0.0750. The van der Waals surface area contributed by atoms with E-state index in [-0.39, 0.29) is 5.91 Å². The van der Waals surface area contributed by atoms with Crippen LogP contribution in [0.1, 0.15) is 23.0 Å². The number of amides is 1. The monoisotopic (exact) mass is 319 g/mol. The first-order chi connectivity index (χ1) is 9.20. The first-order valence-corrected chi connectivity index (χ1v) is 6.80. The average Bonchev–Trinajstić information content (AvgIpc) is 2.45. The van der Waals surface area contributed by atoms with Crippen molar-refractivity contribution in [2.45, 2.75) is 13.5 Å². The Morgan fingerprint density at radius 1 is 1.26 bits per heavy atom. The van der Waals surface area contributed by atoms with Gasteiger partial charge in [0, 0.05) is 24.5 Å². The van der Waals surface area contributed by atoms with Crippen molar-refractivity contribution < 1.29 is 4.79 Å². The van der Waals surface area contributed by atoms with Crippen LogP contribution in [0, 0.1) is 0 Å². The number of hydrogen-bond donors (Lipinski definition) is 0. The molecule has 0 N–H and O–H groups in total. The minimum absolute atomic E-state index is 0.0174. The van der Waals surface area contributed by atoms with E-state index < -0.39 is 0 Å². The Hall–Kier alpha value is -1.75. The zero-order valence-corrected chi connectivity index (χ0v) is 12.2. The van der Waals surface area contributed by atoms with E-state index in [2.05, 4.69) is 25.9 Å². The number of pyridine rings is 2.